The van der Waals surface area contributed by atoms with Crippen LogP contribution >= 0.6 is 0 Å². The van der Waals surface area contributed by atoms with Crippen molar-refractivity contribution in [2.45, 2.75) is 73.7 Å². The quantitative estimate of drug-likeness (QED) is 0.587. The predicted molar refractivity (Wildman–Crippen MR) is 82.2 cm³/mol. The minimum Gasteiger partial charge on any atom is -0.500 e. The van der Waals surface area contributed by atoms with Crippen LogP contribution in [0.4, 0.5) is 0 Å². The second-order valence-electron chi connectivity index (χ2n) is 9.31. The Morgan fingerprint density at radius 3 is 1.61 bits per heavy atom. The molecular formula is C16H33AlO. The molecule has 1 aliphatic heterocycles. The molecule has 0 spiro atoms. The highest BCUT2D eigenvalue weighted by Crippen LogP contribution is 2.51. The Morgan fingerprint density at radius 1 is 0.778 bits per heavy atom. The van der Waals surface area contributed by atoms with Gasteiger partial charge in [-0.2, -0.15) is 0 Å². The molecule has 0 saturated carbocycles. The van der Waals surface area contributed by atoms with Crippen LogP contribution in [0.15, 0.2) is 0 Å². The minimum absolute atomic E-state index is 0.259. The second-order valence-corrected chi connectivity index (χ2v) is 10.6. The van der Waals surface area contributed by atoms with Crippen LogP contribution in [0.2, 0.25) is 5.28 Å². The Labute approximate surface area is 121 Å². The Kier molecular flexibility index (Phi) is 4.70. The summed E-state index contributed by atoms with van der Waals surface area (Å²) in [7, 11) is 0. The maximum absolute atomic E-state index is 6.35. The summed E-state index contributed by atoms with van der Waals surface area (Å²) in [6, 6.07) is 0. The van der Waals surface area contributed by atoms with E-state index in [0.29, 0.717) is 22.9 Å². The number of rotatable bonds is 0. The fourth-order valence-electron chi connectivity index (χ4n) is 3.63. The lowest BCUT2D eigenvalue weighted by molar-refractivity contribution is -0.0780. The third-order valence-electron chi connectivity index (χ3n) is 4.45. The van der Waals surface area contributed by atoms with Crippen LogP contribution in [0.25, 0.3) is 0 Å². The Morgan fingerprint density at radius 2 is 1.28 bits per heavy atom. The Hall–Kier alpha value is 0.492. The summed E-state index contributed by atoms with van der Waals surface area (Å²) in [5.41, 5.74) is 0.984. The summed E-state index contributed by atoms with van der Waals surface area (Å²) in [5, 5.41) is 1.35. The lowest BCUT2D eigenvalue weighted by Gasteiger charge is -2.54. The van der Waals surface area contributed by atoms with Crippen LogP contribution in [-0.4, -0.2) is 21.7 Å². The molecular weight excluding hydrogens is 235 g/mol. The van der Waals surface area contributed by atoms with Crippen LogP contribution in [0.1, 0.15) is 62.3 Å². The first-order valence-corrected chi connectivity index (χ1v) is 9.04. The van der Waals surface area contributed by atoms with Crippen molar-refractivity contribution in [1.82, 2.24) is 0 Å². The zero-order valence-electron chi connectivity index (χ0n) is 14.1. The summed E-state index contributed by atoms with van der Waals surface area (Å²) >= 11 is -0.336. The molecule has 3 atom stereocenters. The largest absolute Gasteiger partial charge is 0.500 e. The molecule has 1 saturated heterocycles. The average molecular weight is 268 g/mol. The molecule has 106 valence electrons. The molecule has 2 heteroatoms. The molecule has 0 bridgehead atoms. The molecule has 0 radical (unpaired) electrons. The maximum atomic E-state index is 6.35. The first kappa shape index (κ1) is 16.5. The summed E-state index contributed by atoms with van der Waals surface area (Å²) < 4.78 is 6.35. The molecule has 1 heterocycles. The first-order valence-electron chi connectivity index (χ1n) is 7.47. The zero-order valence-corrected chi connectivity index (χ0v) is 15.5. The van der Waals surface area contributed by atoms with E-state index in [-0.39, 0.29) is 21.0 Å². The third kappa shape index (κ3) is 3.75. The van der Waals surface area contributed by atoms with E-state index in [1.165, 1.54) is 5.28 Å². The van der Waals surface area contributed by atoms with Crippen molar-refractivity contribution in [3.8, 4) is 0 Å². The van der Waals surface area contributed by atoms with Gasteiger partial charge in [0, 0.05) is 6.10 Å². The predicted octanol–water partition coefficient (Wildman–Crippen LogP) is 4.53. The van der Waals surface area contributed by atoms with Gasteiger partial charge in [0.2, 0.25) is 0 Å². The van der Waals surface area contributed by atoms with Crippen molar-refractivity contribution in [1.29, 1.82) is 0 Å². The molecule has 1 nitrogen and oxygen atoms in total. The van der Waals surface area contributed by atoms with Crippen molar-refractivity contribution in [3.05, 3.63) is 0 Å². The fourth-order valence-corrected chi connectivity index (χ4v) is 6.21. The van der Waals surface area contributed by atoms with Crippen molar-refractivity contribution in [3.63, 3.8) is 0 Å². The molecule has 0 aromatic heterocycles. The lowest BCUT2D eigenvalue weighted by Crippen LogP contribution is -2.53. The summed E-state index contributed by atoms with van der Waals surface area (Å²) in [5.74, 6) is 1.47. The molecule has 1 rings (SSSR count). The third-order valence-corrected chi connectivity index (χ3v) is 5.90. The molecule has 18 heavy (non-hydrogen) atoms. The van der Waals surface area contributed by atoms with Crippen LogP contribution in [0.5, 0.6) is 0 Å². The summed E-state index contributed by atoms with van der Waals surface area (Å²) in [6.07, 6.45) is 0.433. The van der Waals surface area contributed by atoms with Crippen molar-refractivity contribution < 1.29 is 3.79 Å². The number of hydrogen-bond donors (Lipinski definition) is 0. The number of hydrogen-bond acceptors (Lipinski definition) is 1. The van der Waals surface area contributed by atoms with E-state index in [2.05, 4.69) is 62.3 Å². The fraction of sp³-hybridized carbons (Fsp3) is 1.00. The van der Waals surface area contributed by atoms with Gasteiger partial charge in [0.15, 0.2) is 0 Å². The zero-order chi connectivity index (χ0) is 14.4. The summed E-state index contributed by atoms with van der Waals surface area (Å²) in [6.45, 7) is 21.4. The monoisotopic (exact) mass is 268 g/mol. The summed E-state index contributed by atoms with van der Waals surface area (Å²) in [4.78, 5) is 0. The van der Waals surface area contributed by atoms with Crippen LogP contribution in [0, 0.1) is 28.1 Å². The van der Waals surface area contributed by atoms with E-state index in [0.717, 1.165) is 5.92 Å². The van der Waals surface area contributed by atoms with E-state index in [1.54, 1.807) is 0 Å². The van der Waals surface area contributed by atoms with Gasteiger partial charge in [-0.3, -0.25) is 0 Å². The molecule has 1 fully saturated rings. The smallest absolute Gasteiger partial charge is 0.436 e. The highest BCUT2D eigenvalue weighted by molar-refractivity contribution is 6.27. The van der Waals surface area contributed by atoms with Crippen LogP contribution in [-0.2, 0) is 3.79 Å². The average Bonchev–Trinajstić information content (AvgIpc) is 2.12. The highest BCUT2D eigenvalue weighted by Gasteiger charge is 2.49. The van der Waals surface area contributed by atoms with Crippen molar-refractivity contribution >= 4 is 15.6 Å². The van der Waals surface area contributed by atoms with E-state index < -0.39 is 0 Å². The van der Waals surface area contributed by atoms with Gasteiger partial charge in [-0.1, -0.05) is 67.6 Å². The lowest BCUT2D eigenvalue weighted by atomic mass is 9.59. The van der Waals surface area contributed by atoms with Gasteiger partial charge in [0.25, 0.3) is 0 Å². The molecule has 3 unspecified atom stereocenters. The van der Waals surface area contributed by atoms with Gasteiger partial charge >= 0.3 is 15.6 Å². The van der Waals surface area contributed by atoms with Gasteiger partial charge in [-0.05, 0) is 28.1 Å². The molecule has 0 N–H and O–H groups in total. The molecule has 0 aromatic rings. The Bertz CT molecular complexity index is 255. The first-order chi connectivity index (χ1) is 7.85. The molecule has 0 amide bonds. The molecule has 0 aliphatic carbocycles. The highest BCUT2D eigenvalue weighted by atomic mass is 27.1. The van der Waals surface area contributed by atoms with Gasteiger partial charge in [0.05, 0.1) is 0 Å². The minimum atomic E-state index is -0.336. The van der Waals surface area contributed by atoms with E-state index >= 15 is 0 Å². The van der Waals surface area contributed by atoms with Crippen molar-refractivity contribution in [2.24, 2.45) is 28.1 Å². The maximum Gasteiger partial charge on any atom is 0.436 e. The van der Waals surface area contributed by atoms with Crippen LogP contribution < -0.4 is 0 Å². The van der Waals surface area contributed by atoms with Gasteiger partial charge < -0.3 is 3.79 Å². The Balaban J connectivity index is 3.14. The second kappa shape index (κ2) is 5.12. The standard InChI is InChI=1S/C16H32O.Al.H/c1-11(14(2,3)4)12(15(5,6)7)13(17)16(8,9)10;;/h11-13H,1H2,2-10H3;;/q-1;+1;. The topological polar surface area (TPSA) is 9.23 Å². The molecule has 1 aliphatic rings. The SMILES string of the molecule is CC(C)(C)C1[CH2][AlH][O]C(C(C)(C)C)C1C(C)(C)C. The van der Waals surface area contributed by atoms with E-state index in [1.807, 2.05) is 0 Å². The van der Waals surface area contributed by atoms with Gasteiger partial charge in [-0.15, -0.1) is 0 Å². The van der Waals surface area contributed by atoms with Gasteiger partial charge in [-0.25, -0.2) is 0 Å². The van der Waals surface area contributed by atoms with E-state index in [4.69, 9.17) is 3.79 Å². The van der Waals surface area contributed by atoms with Crippen molar-refractivity contribution in [2.75, 3.05) is 0 Å². The normalized spacial score (nSPS) is 31.1. The molecule has 0 aromatic carbocycles. The van der Waals surface area contributed by atoms with E-state index in [9.17, 15) is 0 Å². The van der Waals surface area contributed by atoms with Crippen LogP contribution in [0.3, 0.4) is 0 Å². The van der Waals surface area contributed by atoms with Gasteiger partial charge in [0.1, 0.15) is 0 Å².